The van der Waals surface area contributed by atoms with Gasteiger partial charge in [0.15, 0.2) is 0 Å². The molecule has 89 valence electrons. The Labute approximate surface area is 114 Å². The van der Waals surface area contributed by atoms with Crippen molar-refractivity contribution in [1.82, 2.24) is 5.32 Å². The van der Waals surface area contributed by atoms with Crippen LogP contribution in [0.25, 0.3) is 0 Å². The van der Waals surface area contributed by atoms with Crippen LogP contribution in [0.5, 0.6) is 0 Å². The summed E-state index contributed by atoms with van der Waals surface area (Å²) in [7, 11) is 1.79. The van der Waals surface area contributed by atoms with E-state index in [2.05, 4.69) is 53.8 Å². The summed E-state index contributed by atoms with van der Waals surface area (Å²) in [5.41, 5.74) is 0.158. The molecule has 0 aliphatic carbocycles. The summed E-state index contributed by atoms with van der Waals surface area (Å²) in [5, 5.41) is 3.49. The van der Waals surface area contributed by atoms with Crippen molar-refractivity contribution in [2.24, 2.45) is 5.41 Å². The molecule has 2 nitrogen and oxygen atoms in total. The molecule has 0 aromatic heterocycles. The van der Waals surface area contributed by atoms with Crippen molar-refractivity contribution in [1.29, 1.82) is 0 Å². The molecule has 0 fully saturated rings. The third-order valence-electron chi connectivity index (χ3n) is 2.99. The number of methoxy groups -OCH3 is 1. The second-order valence-electron chi connectivity index (χ2n) is 6.29. The van der Waals surface area contributed by atoms with Crippen LogP contribution in [-0.4, -0.2) is 50.6 Å². The molecule has 1 N–H and O–H groups in total. The summed E-state index contributed by atoms with van der Waals surface area (Å²) in [6, 6.07) is 0. The Morgan fingerprint density at radius 3 is 1.53 bits per heavy atom. The van der Waals surface area contributed by atoms with Gasteiger partial charge in [-0.15, -0.1) is 0 Å². The second-order valence-corrected chi connectivity index (χ2v) is 6.29. The quantitative estimate of drug-likeness (QED) is 0.863. The van der Waals surface area contributed by atoms with Gasteiger partial charge in [0, 0.05) is 45.0 Å². The fourth-order valence-electron chi connectivity index (χ4n) is 1.08. The molecule has 0 aromatic rings. The maximum Gasteiger partial charge on any atom is 0.0822 e. The van der Waals surface area contributed by atoms with E-state index in [1.165, 1.54) is 0 Å². The van der Waals surface area contributed by atoms with Crippen LogP contribution in [-0.2, 0) is 4.74 Å². The standard InChI is InChI=1S/C12H27NO.In/c1-10(2,3)12(7,14-8)9-13-11(4,5)6;/h13H,9H2,1-8H3;. The van der Waals surface area contributed by atoms with E-state index in [1.54, 1.807) is 7.11 Å². The van der Waals surface area contributed by atoms with Crippen LogP contribution < -0.4 is 5.32 Å². The van der Waals surface area contributed by atoms with Gasteiger partial charge in [0.2, 0.25) is 0 Å². The van der Waals surface area contributed by atoms with E-state index in [9.17, 15) is 0 Å². The number of rotatable bonds is 3. The average molecular weight is 316 g/mol. The Morgan fingerprint density at radius 2 is 1.33 bits per heavy atom. The molecule has 0 rings (SSSR count). The zero-order valence-electron chi connectivity index (χ0n) is 11.7. The van der Waals surface area contributed by atoms with Crippen LogP contribution in [0.4, 0.5) is 0 Å². The molecule has 0 bridgehead atoms. The summed E-state index contributed by atoms with van der Waals surface area (Å²) >= 11 is 0. The predicted molar refractivity (Wildman–Crippen MR) is 68.4 cm³/mol. The monoisotopic (exact) mass is 316 g/mol. The topological polar surface area (TPSA) is 21.3 Å². The van der Waals surface area contributed by atoms with Gasteiger partial charge in [-0.1, -0.05) is 20.8 Å². The molecule has 1 unspecified atom stereocenters. The van der Waals surface area contributed by atoms with Crippen molar-refractivity contribution >= 4 is 25.8 Å². The number of ether oxygens (including phenoxy) is 1. The van der Waals surface area contributed by atoms with Gasteiger partial charge < -0.3 is 10.1 Å². The molecule has 15 heavy (non-hydrogen) atoms. The van der Waals surface area contributed by atoms with Gasteiger partial charge in [0.1, 0.15) is 0 Å². The fraction of sp³-hybridized carbons (Fsp3) is 1.00. The Morgan fingerprint density at radius 1 is 0.933 bits per heavy atom. The van der Waals surface area contributed by atoms with Crippen molar-refractivity contribution in [3.63, 3.8) is 0 Å². The van der Waals surface area contributed by atoms with E-state index in [0.29, 0.717) is 0 Å². The van der Waals surface area contributed by atoms with E-state index in [-0.39, 0.29) is 42.4 Å². The zero-order chi connectivity index (χ0) is 11.6. The fourth-order valence-corrected chi connectivity index (χ4v) is 1.08. The normalized spacial score (nSPS) is 16.8. The molecule has 0 heterocycles. The molecule has 3 heteroatoms. The summed E-state index contributed by atoms with van der Waals surface area (Å²) < 4.78 is 5.64. The van der Waals surface area contributed by atoms with Crippen molar-refractivity contribution in [3.05, 3.63) is 0 Å². The minimum atomic E-state index is -0.125. The van der Waals surface area contributed by atoms with E-state index < -0.39 is 0 Å². The first-order valence-corrected chi connectivity index (χ1v) is 5.32. The maximum atomic E-state index is 5.64. The molecule has 0 aliphatic heterocycles. The summed E-state index contributed by atoms with van der Waals surface area (Å²) in [6.45, 7) is 16.2. The maximum absolute atomic E-state index is 5.64. The van der Waals surface area contributed by atoms with Crippen molar-refractivity contribution in [3.8, 4) is 0 Å². The van der Waals surface area contributed by atoms with Gasteiger partial charge in [-0.2, -0.15) is 0 Å². The Kier molecular flexibility index (Phi) is 7.17. The van der Waals surface area contributed by atoms with Crippen LogP contribution in [0.15, 0.2) is 0 Å². The number of hydrogen-bond acceptors (Lipinski definition) is 2. The van der Waals surface area contributed by atoms with Gasteiger partial charge in [-0.25, -0.2) is 0 Å². The van der Waals surface area contributed by atoms with E-state index >= 15 is 0 Å². The van der Waals surface area contributed by atoms with Gasteiger partial charge in [0.25, 0.3) is 0 Å². The SMILES string of the molecule is COC(C)(CNC(C)(C)C)C(C)(C)C.[In]. The Balaban J connectivity index is 0. The number of nitrogens with one attached hydrogen (secondary N) is 1. The minimum absolute atomic E-state index is 0. The van der Waals surface area contributed by atoms with Gasteiger partial charge in [0.05, 0.1) is 5.60 Å². The first-order chi connectivity index (χ1) is 6.02. The smallest absolute Gasteiger partial charge is 0.0822 e. The summed E-state index contributed by atoms with van der Waals surface area (Å²) in [6.07, 6.45) is 0. The van der Waals surface area contributed by atoms with Gasteiger partial charge >= 0.3 is 0 Å². The first-order valence-electron chi connectivity index (χ1n) is 5.32. The third kappa shape index (κ3) is 6.18. The van der Waals surface area contributed by atoms with Crippen LogP contribution in [0.3, 0.4) is 0 Å². The van der Waals surface area contributed by atoms with E-state index in [0.717, 1.165) is 6.54 Å². The molecule has 1 atom stereocenters. The van der Waals surface area contributed by atoms with Crippen LogP contribution in [0, 0.1) is 5.41 Å². The predicted octanol–water partition coefficient (Wildman–Crippen LogP) is 2.44. The minimum Gasteiger partial charge on any atom is -0.377 e. The molecular weight excluding hydrogens is 289 g/mol. The molecule has 0 saturated heterocycles. The molecular formula is C12H27InNO. The summed E-state index contributed by atoms with van der Waals surface area (Å²) in [5.74, 6) is 0. The van der Waals surface area contributed by atoms with Crippen LogP contribution in [0.2, 0.25) is 0 Å². The van der Waals surface area contributed by atoms with Crippen molar-refractivity contribution in [2.45, 2.75) is 59.6 Å². The first kappa shape index (κ1) is 18.2. The molecule has 0 saturated carbocycles. The molecule has 0 spiro atoms. The molecule has 0 amide bonds. The molecule has 3 radical (unpaired) electrons. The van der Waals surface area contributed by atoms with E-state index in [4.69, 9.17) is 4.74 Å². The zero-order valence-corrected chi connectivity index (χ0v) is 15.0. The van der Waals surface area contributed by atoms with Crippen molar-refractivity contribution in [2.75, 3.05) is 13.7 Å². The van der Waals surface area contributed by atoms with E-state index in [1.807, 2.05) is 0 Å². The number of hydrogen-bond donors (Lipinski definition) is 1. The van der Waals surface area contributed by atoms with Gasteiger partial charge in [-0.3, -0.25) is 0 Å². The molecule has 0 aromatic carbocycles. The van der Waals surface area contributed by atoms with Crippen LogP contribution >= 0.6 is 0 Å². The van der Waals surface area contributed by atoms with Gasteiger partial charge in [-0.05, 0) is 33.1 Å². The van der Waals surface area contributed by atoms with Crippen molar-refractivity contribution < 1.29 is 4.74 Å². The molecule has 0 aliphatic rings. The Hall–Kier alpha value is 0.790. The second kappa shape index (κ2) is 5.92. The Bertz CT molecular complexity index is 181. The third-order valence-corrected chi connectivity index (χ3v) is 2.99. The summed E-state index contributed by atoms with van der Waals surface area (Å²) in [4.78, 5) is 0. The largest absolute Gasteiger partial charge is 0.377 e. The average Bonchev–Trinajstić information content (AvgIpc) is 1.96. The van der Waals surface area contributed by atoms with Crippen LogP contribution in [0.1, 0.15) is 48.5 Å².